The zero-order valence-corrected chi connectivity index (χ0v) is 18.7. The number of benzene rings is 1. The number of carbonyl (C=O) groups excluding carboxylic acids is 2. The standard InChI is InChI=1S/C22H18F2IN3O3/c1-28-18-4-2-14(7-15(18)3-5-20(28)29)16-6-13(9-26-11-16)10-27-21(30)17-8-19(31-12-17)22(23,24)25/h2,4,6-9,11-12H,3,5,10H2,1H3,(H,27,30). The molecule has 0 spiro atoms. The molecule has 0 unspecified atom stereocenters. The molecular weight excluding hydrogens is 519 g/mol. The SMILES string of the molecule is CN1C(=O)CCc2cc(-c3cncc(CNC(=O)c4coc(C(F)(F)I)c4)c3)ccc21. The minimum Gasteiger partial charge on any atom is -0.461 e. The average molecular weight is 537 g/mol. The van der Waals surface area contributed by atoms with Gasteiger partial charge < -0.3 is 14.6 Å². The van der Waals surface area contributed by atoms with Gasteiger partial charge >= 0.3 is 3.93 Å². The van der Waals surface area contributed by atoms with Gasteiger partial charge in [-0.1, -0.05) is 6.07 Å². The van der Waals surface area contributed by atoms with Crippen molar-refractivity contribution in [2.75, 3.05) is 11.9 Å². The minimum absolute atomic E-state index is 0.0313. The van der Waals surface area contributed by atoms with Crippen molar-refractivity contribution in [3.05, 3.63) is 71.4 Å². The van der Waals surface area contributed by atoms with Crippen LogP contribution in [0.1, 0.15) is 33.7 Å². The highest BCUT2D eigenvalue weighted by Crippen LogP contribution is 2.36. The number of pyridine rings is 1. The number of furan rings is 1. The van der Waals surface area contributed by atoms with Crippen LogP contribution in [0.25, 0.3) is 11.1 Å². The molecule has 0 bridgehead atoms. The number of aryl methyl sites for hydroxylation is 1. The van der Waals surface area contributed by atoms with E-state index in [0.29, 0.717) is 12.8 Å². The number of halogens is 3. The normalized spacial score (nSPS) is 13.8. The van der Waals surface area contributed by atoms with Crippen LogP contribution in [0.15, 0.2) is 53.4 Å². The molecule has 3 aromatic rings. The monoisotopic (exact) mass is 537 g/mol. The molecule has 3 heterocycles. The smallest absolute Gasteiger partial charge is 0.352 e. The van der Waals surface area contributed by atoms with E-state index in [0.717, 1.165) is 62.9 Å². The van der Waals surface area contributed by atoms with Crippen LogP contribution in [0.2, 0.25) is 0 Å². The van der Waals surface area contributed by atoms with Crippen molar-refractivity contribution < 1.29 is 22.8 Å². The van der Waals surface area contributed by atoms with E-state index in [1.54, 1.807) is 24.3 Å². The maximum atomic E-state index is 13.3. The topological polar surface area (TPSA) is 75.4 Å². The third-order valence-corrected chi connectivity index (χ3v) is 5.68. The summed E-state index contributed by atoms with van der Waals surface area (Å²) in [5.41, 5.74) is 4.65. The van der Waals surface area contributed by atoms with Crippen LogP contribution in [0.3, 0.4) is 0 Å². The number of fused-ring (bicyclic) bond motifs is 1. The van der Waals surface area contributed by atoms with Crippen molar-refractivity contribution in [1.29, 1.82) is 0 Å². The Kier molecular flexibility index (Phi) is 5.78. The number of anilines is 1. The van der Waals surface area contributed by atoms with Crippen molar-refractivity contribution in [1.82, 2.24) is 10.3 Å². The van der Waals surface area contributed by atoms with Crippen LogP contribution in [0.4, 0.5) is 14.5 Å². The second kappa shape index (κ2) is 8.37. The fraction of sp³-hybridized carbons (Fsp3) is 0.227. The molecule has 1 aliphatic heterocycles. The molecule has 6 nitrogen and oxygen atoms in total. The molecule has 0 radical (unpaired) electrons. The Morgan fingerprint density at radius 3 is 2.77 bits per heavy atom. The zero-order chi connectivity index (χ0) is 22.2. The Labute approximate surface area is 190 Å². The molecule has 0 aliphatic carbocycles. The number of nitrogens with one attached hydrogen (secondary N) is 1. The predicted molar refractivity (Wildman–Crippen MR) is 119 cm³/mol. The molecule has 160 valence electrons. The molecule has 1 N–H and O–H groups in total. The van der Waals surface area contributed by atoms with Crippen LogP contribution in [-0.2, 0) is 21.7 Å². The van der Waals surface area contributed by atoms with Crippen molar-refractivity contribution in [3.63, 3.8) is 0 Å². The average Bonchev–Trinajstić information content (AvgIpc) is 3.26. The lowest BCUT2D eigenvalue weighted by molar-refractivity contribution is -0.118. The van der Waals surface area contributed by atoms with Gasteiger partial charge in [-0.2, -0.15) is 8.78 Å². The first kappa shape index (κ1) is 21.4. The van der Waals surface area contributed by atoms with E-state index < -0.39 is 15.6 Å². The van der Waals surface area contributed by atoms with Crippen LogP contribution in [0, 0.1) is 0 Å². The quantitative estimate of drug-likeness (QED) is 0.380. The number of alkyl halides is 3. The van der Waals surface area contributed by atoms with Crippen molar-refractivity contribution in [3.8, 4) is 11.1 Å². The van der Waals surface area contributed by atoms with Crippen LogP contribution >= 0.6 is 22.6 Å². The predicted octanol–water partition coefficient (Wildman–Crippen LogP) is 4.66. The van der Waals surface area contributed by atoms with Gasteiger partial charge in [0.05, 0.1) is 5.56 Å². The summed E-state index contributed by atoms with van der Waals surface area (Å²) in [6.07, 6.45) is 5.56. The van der Waals surface area contributed by atoms with Gasteiger partial charge in [-0.25, -0.2) is 0 Å². The van der Waals surface area contributed by atoms with Gasteiger partial charge in [0.1, 0.15) is 6.26 Å². The molecule has 4 rings (SSSR count). The highest BCUT2D eigenvalue weighted by molar-refractivity contribution is 14.1. The zero-order valence-electron chi connectivity index (χ0n) is 16.5. The molecule has 9 heteroatoms. The first-order chi connectivity index (χ1) is 14.7. The summed E-state index contributed by atoms with van der Waals surface area (Å²) in [5, 5.41) is 2.69. The van der Waals surface area contributed by atoms with Gasteiger partial charge in [-0.3, -0.25) is 14.6 Å². The minimum atomic E-state index is -3.18. The fourth-order valence-corrected chi connectivity index (χ4v) is 3.75. The van der Waals surface area contributed by atoms with Crippen LogP contribution in [-0.4, -0.2) is 23.8 Å². The van der Waals surface area contributed by atoms with E-state index in [1.165, 1.54) is 0 Å². The largest absolute Gasteiger partial charge is 0.461 e. The van der Waals surface area contributed by atoms with Crippen LogP contribution in [0.5, 0.6) is 0 Å². The number of nitrogens with zero attached hydrogens (tertiary/aromatic N) is 2. The fourth-order valence-electron chi connectivity index (χ4n) is 3.47. The lowest BCUT2D eigenvalue weighted by atomic mass is 9.96. The number of amides is 2. The molecule has 1 aromatic carbocycles. The van der Waals surface area contributed by atoms with E-state index >= 15 is 0 Å². The number of aromatic nitrogens is 1. The van der Waals surface area contributed by atoms with Gasteiger partial charge in [0.25, 0.3) is 5.91 Å². The third kappa shape index (κ3) is 4.60. The summed E-state index contributed by atoms with van der Waals surface area (Å²) in [7, 11) is 1.77. The Balaban J connectivity index is 1.47. The van der Waals surface area contributed by atoms with E-state index in [9.17, 15) is 18.4 Å². The molecular formula is C22H18F2IN3O3. The van der Waals surface area contributed by atoms with Gasteiger partial charge in [0.15, 0.2) is 5.76 Å². The number of hydrogen-bond donors (Lipinski definition) is 1. The number of carbonyl (C=O) groups is 2. The van der Waals surface area contributed by atoms with Gasteiger partial charge in [-0.15, -0.1) is 0 Å². The molecule has 2 aromatic heterocycles. The maximum Gasteiger partial charge on any atom is 0.352 e. The summed E-state index contributed by atoms with van der Waals surface area (Å²) < 4.78 is 28.1. The van der Waals surface area contributed by atoms with E-state index in [4.69, 9.17) is 4.42 Å². The third-order valence-electron chi connectivity index (χ3n) is 5.15. The number of hydrogen-bond acceptors (Lipinski definition) is 4. The molecule has 0 fully saturated rings. The summed E-state index contributed by atoms with van der Waals surface area (Å²) in [6, 6.07) is 8.85. The molecule has 0 saturated heterocycles. The Morgan fingerprint density at radius 1 is 1.23 bits per heavy atom. The molecule has 0 atom stereocenters. The van der Waals surface area contributed by atoms with E-state index in [-0.39, 0.29) is 18.0 Å². The van der Waals surface area contributed by atoms with E-state index in [2.05, 4.69) is 16.4 Å². The van der Waals surface area contributed by atoms with Gasteiger partial charge in [-0.05, 0) is 47.4 Å². The van der Waals surface area contributed by atoms with Gasteiger partial charge in [0.2, 0.25) is 5.91 Å². The molecule has 2 amide bonds. The highest BCUT2D eigenvalue weighted by atomic mass is 127. The second-order valence-electron chi connectivity index (χ2n) is 7.26. The first-order valence-electron chi connectivity index (χ1n) is 9.50. The summed E-state index contributed by atoms with van der Waals surface area (Å²) in [6.45, 7) is 0.184. The lowest BCUT2D eigenvalue weighted by Gasteiger charge is -2.26. The molecule has 0 saturated carbocycles. The molecule has 1 aliphatic rings. The Hall–Kier alpha value is -2.82. The number of rotatable bonds is 5. The second-order valence-corrected chi connectivity index (χ2v) is 8.61. The summed E-state index contributed by atoms with van der Waals surface area (Å²) >= 11 is 0.948. The maximum absolute atomic E-state index is 13.3. The molecule has 31 heavy (non-hydrogen) atoms. The highest BCUT2D eigenvalue weighted by Gasteiger charge is 2.32. The van der Waals surface area contributed by atoms with Crippen molar-refractivity contribution in [2.45, 2.75) is 23.3 Å². The first-order valence-corrected chi connectivity index (χ1v) is 10.6. The summed E-state index contributed by atoms with van der Waals surface area (Å²) in [5.74, 6) is -0.976. The summed E-state index contributed by atoms with van der Waals surface area (Å²) in [4.78, 5) is 30.1. The Morgan fingerprint density at radius 2 is 2.03 bits per heavy atom. The van der Waals surface area contributed by atoms with Gasteiger partial charge in [0, 0.05) is 66.2 Å². The Bertz CT molecular complexity index is 1160. The van der Waals surface area contributed by atoms with Crippen LogP contribution < -0.4 is 10.2 Å². The van der Waals surface area contributed by atoms with Crippen molar-refractivity contribution >= 4 is 40.1 Å². The van der Waals surface area contributed by atoms with E-state index in [1.807, 2.05) is 18.2 Å². The van der Waals surface area contributed by atoms with Crippen molar-refractivity contribution in [2.24, 2.45) is 0 Å². The lowest BCUT2D eigenvalue weighted by Crippen LogP contribution is -2.30.